The standard InChI is InChI=1S/C15H16O4/c1-6(2)9-7-3-4-8(9)11-10(7)12(17)14-15(5-16,19-14)13(11)18/h3-4,7-8,10-11,14,16H,5H2,1-2H3/t7-,8+,10-,11-,14-,15-/m1/s1. The van der Waals surface area contributed by atoms with Crippen LogP contribution >= 0.6 is 0 Å². The highest BCUT2D eigenvalue weighted by atomic mass is 16.6. The summed E-state index contributed by atoms with van der Waals surface area (Å²) in [6, 6.07) is 0. The number of ketones is 2. The SMILES string of the molecule is CC(C)=C1[C@H]2C=C[C@@H]1[C@H]1C(=O)[C@@]3(CO)O[C@@H]3C(=O)[C@@H]12. The van der Waals surface area contributed by atoms with Gasteiger partial charge in [-0.2, -0.15) is 0 Å². The van der Waals surface area contributed by atoms with Crippen LogP contribution in [0.15, 0.2) is 23.3 Å². The highest BCUT2D eigenvalue weighted by Crippen LogP contribution is 2.61. The molecule has 100 valence electrons. The van der Waals surface area contributed by atoms with E-state index < -0.39 is 11.7 Å². The maximum atomic E-state index is 12.6. The van der Waals surface area contributed by atoms with E-state index in [1.54, 1.807) is 0 Å². The molecule has 3 fully saturated rings. The van der Waals surface area contributed by atoms with Gasteiger partial charge in [0, 0.05) is 23.7 Å². The lowest BCUT2D eigenvalue weighted by atomic mass is 9.68. The molecule has 3 aliphatic carbocycles. The van der Waals surface area contributed by atoms with Crippen LogP contribution in [-0.2, 0) is 14.3 Å². The van der Waals surface area contributed by atoms with Gasteiger partial charge in [0.15, 0.2) is 23.3 Å². The van der Waals surface area contributed by atoms with Gasteiger partial charge in [0.25, 0.3) is 0 Å². The summed E-state index contributed by atoms with van der Waals surface area (Å²) in [5, 5.41) is 9.42. The molecule has 0 unspecified atom stereocenters. The normalized spacial score (nSPS) is 49.4. The first-order valence-corrected chi connectivity index (χ1v) is 6.75. The minimum Gasteiger partial charge on any atom is -0.393 e. The van der Waals surface area contributed by atoms with Crippen LogP contribution < -0.4 is 0 Å². The van der Waals surface area contributed by atoms with E-state index in [9.17, 15) is 14.7 Å². The Morgan fingerprint density at radius 2 is 1.89 bits per heavy atom. The fraction of sp³-hybridized carbons (Fsp3) is 0.600. The third-order valence-electron chi connectivity index (χ3n) is 5.22. The summed E-state index contributed by atoms with van der Waals surface area (Å²) in [6.45, 7) is 3.69. The van der Waals surface area contributed by atoms with Gasteiger partial charge in [0.1, 0.15) is 0 Å². The highest BCUT2D eigenvalue weighted by Gasteiger charge is 2.75. The number of hydrogen-bond acceptors (Lipinski definition) is 4. The van der Waals surface area contributed by atoms with Crippen LogP contribution in [0.1, 0.15) is 13.8 Å². The van der Waals surface area contributed by atoms with Crippen molar-refractivity contribution in [2.45, 2.75) is 25.6 Å². The summed E-state index contributed by atoms with van der Waals surface area (Å²) < 4.78 is 5.30. The van der Waals surface area contributed by atoms with Crippen LogP contribution in [0.25, 0.3) is 0 Å². The average Bonchev–Trinajstić information content (AvgIpc) is 2.88. The smallest absolute Gasteiger partial charge is 0.183 e. The minimum atomic E-state index is -1.21. The van der Waals surface area contributed by atoms with E-state index in [0.717, 1.165) is 0 Å². The molecule has 1 N–H and O–H groups in total. The Balaban J connectivity index is 1.85. The fourth-order valence-electron chi connectivity index (χ4n) is 4.40. The maximum absolute atomic E-state index is 12.6. The molecule has 0 spiro atoms. The van der Waals surface area contributed by atoms with E-state index in [4.69, 9.17) is 4.74 Å². The van der Waals surface area contributed by atoms with Crippen molar-refractivity contribution in [3.05, 3.63) is 23.3 Å². The highest BCUT2D eigenvalue weighted by molar-refractivity contribution is 6.10. The summed E-state index contributed by atoms with van der Waals surface area (Å²) in [5.74, 6) is -0.547. The lowest BCUT2D eigenvalue weighted by Crippen LogP contribution is -2.50. The summed E-state index contributed by atoms with van der Waals surface area (Å²) in [6.07, 6.45) is 3.42. The Hall–Kier alpha value is -1.26. The molecule has 0 radical (unpaired) electrons. The molecule has 0 aromatic heterocycles. The van der Waals surface area contributed by atoms with Crippen molar-refractivity contribution in [2.75, 3.05) is 6.61 Å². The maximum Gasteiger partial charge on any atom is 0.183 e. The van der Waals surface area contributed by atoms with Crippen molar-refractivity contribution in [3.8, 4) is 0 Å². The largest absolute Gasteiger partial charge is 0.393 e. The molecular weight excluding hydrogens is 244 g/mol. The number of epoxide rings is 1. The monoisotopic (exact) mass is 260 g/mol. The topological polar surface area (TPSA) is 66.9 Å². The molecule has 2 saturated carbocycles. The van der Waals surface area contributed by atoms with Gasteiger partial charge >= 0.3 is 0 Å². The lowest BCUT2D eigenvalue weighted by molar-refractivity contribution is -0.139. The first-order valence-electron chi connectivity index (χ1n) is 6.75. The summed E-state index contributed by atoms with van der Waals surface area (Å²) in [7, 11) is 0. The van der Waals surface area contributed by atoms with Crippen LogP contribution in [0, 0.1) is 23.7 Å². The number of hydrogen-bond donors (Lipinski definition) is 1. The Morgan fingerprint density at radius 1 is 1.26 bits per heavy atom. The van der Waals surface area contributed by atoms with Crippen molar-refractivity contribution in [1.82, 2.24) is 0 Å². The number of carbonyl (C=O) groups is 2. The van der Waals surface area contributed by atoms with E-state index in [1.165, 1.54) is 11.1 Å². The average molecular weight is 260 g/mol. The van der Waals surface area contributed by atoms with E-state index >= 15 is 0 Å². The van der Waals surface area contributed by atoms with Gasteiger partial charge < -0.3 is 9.84 Å². The van der Waals surface area contributed by atoms with Crippen molar-refractivity contribution >= 4 is 11.6 Å². The van der Waals surface area contributed by atoms with Crippen LogP contribution in [0.3, 0.4) is 0 Å². The number of allylic oxidation sites excluding steroid dienone is 4. The third kappa shape index (κ3) is 1.09. The molecular formula is C15H16O4. The Morgan fingerprint density at radius 3 is 2.47 bits per heavy atom. The molecule has 0 aromatic carbocycles. The van der Waals surface area contributed by atoms with Gasteiger partial charge in [-0.15, -0.1) is 0 Å². The zero-order valence-electron chi connectivity index (χ0n) is 10.9. The summed E-state index contributed by atoms with van der Waals surface area (Å²) >= 11 is 0. The second-order valence-electron chi connectivity index (χ2n) is 6.26. The van der Waals surface area contributed by atoms with Crippen molar-refractivity contribution in [3.63, 3.8) is 0 Å². The number of fused-ring (bicyclic) bond motifs is 6. The van der Waals surface area contributed by atoms with Crippen molar-refractivity contribution in [1.29, 1.82) is 0 Å². The Labute approximate surface area is 111 Å². The third-order valence-corrected chi connectivity index (χ3v) is 5.22. The van der Waals surface area contributed by atoms with Gasteiger partial charge in [-0.1, -0.05) is 23.3 Å². The number of rotatable bonds is 1. The number of carbonyl (C=O) groups excluding carboxylic acids is 2. The van der Waals surface area contributed by atoms with Gasteiger partial charge in [0.05, 0.1) is 6.61 Å². The van der Waals surface area contributed by atoms with E-state index in [-0.39, 0.29) is 41.8 Å². The zero-order valence-corrected chi connectivity index (χ0v) is 10.9. The molecule has 1 heterocycles. The molecule has 4 aliphatic rings. The molecule has 4 nitrogen and oxygen atoms in total. The fourth-order valence-corrected chi connectivity index (χ4v) is 4.40. The van der Waals surface area contributed by atoms with Gasteiger partial charge in [-0.25, -0.2) is 0 Å². The molecule has 19 heavy (non-hydrogen) atoms. The van der Waals surface area contributed by atoms with E-state index in [1.807, 2.05) is 19.9 Å². The molecule has 4 heteroatoms. The predicted octanol–water partition coefficient (Wildman–Crippen LogP) is 0.653. The molecule has 2 bridgehead atoms. The summed E-state index contributed by atoms with van der Waals surface area (Å²) in [4.78, 5) is 25.1. The number of Topliss-reactive ketones (excluding diaryl/α,β-unsaturated/α-hetero) is 2. The number of aliphatic hydroxyl groups excluding tert-OH is 1. The van der Waals surface area contributed by atoms with Gasteiger partial charge in [-0.05, 0) is 13.8 Å². The summed E-state index contributed by atoms with van der Waals surface area (Å²) in [5.41, 5.74) is 1.22. The predicted molar refractivity (Wildman–Crippen MR) is 66.2 cm³/mol. The zero-order chi connectivity index (χ0) is 13.5. The molecule has 1 aliphatic heterocycles. The minimum absolute atomic E-state index is 0.00856. The van der Waals surface area contributed by atoms with Crippen LogP contribution in [0.5, 0.6) is 0 Å². The van der Waals surface area contributed by atoms with Crippen LogP contribution in [0.2, 0.25) is 0 Å². The number of ether oxygens (including phenoxy) is 1. The van der Waals surface area contributed by atoms with Gasteiger partial charge in [-0.3, -0.25) is 9.59 Å². The quantitative estimate of drug-likeness (QED) is 0.555. The van der Waals surface area contributed by atoms with Crippen LogP contribution in [-0.4, -0.2) is 35.0 Å². The number of aliphatic hydroxyl groups is 1. The molecule has 6 atom stereocenters. The second kappa shape index (κ2) is 3.25. The molecule has 0 amide bonds. The molecule has 0 aromatic rings. The second-order valence-corrected chi connectivity index (χ2v) is 6.26. The van der Waals surface area contributed by atoms with Crippen LogP contribution in [0.4, 0.5) is 0 Å². The molecule has 4 rings (SSSR count). The Bertz CT molecular complexity index is 569. The first-order chi connectivity index (χ1) is 9.03. The Kier molecular flexibility index (Phi) is 1.97. The van der Waals surface area contributed by atoms with Crippen molar-refractivity contribution in [2.24, 2.45) is 23.7 Å². The van der Waals surface area contributed by atoms with E-state index in [0.29, 0.717) is 0 Å². The van der Waals surface area contributed by atoms with Gasteiger partial charge in [0.2, 0.25) is 0 Å². The van der Waals surface area contributed by atoms with E-state index in [2.05, 4.69) is 6.08 Å². The first kappa shape index (κ1) is 11.6. The molecule has 1 saturated heterocycles. The van der Waals surface area contributed by atoms with Crippen molar-refractivity contribution < 1.29 is 19.4 Å². The lowest BCUT2D eigenvalue weighted by Gasteiger charge is -2.30.